The van der Waals surface area contributed by atoms with E-state index < -0.39 is 5.60 Å². The topological polar surface area (TPSA) is 65.4 Å². The number of hydrogen-bond acceptors (Lipinski definition) is 4. The molecule has 0 aliphatic carbocycles. The molecule has 0 spiro atoms. The molecule has 0 aromatic heterocycles. The maximum Gasteiger partial charge on any atom is 0.410 e. The number of nitrogens with zero attached hydrogens (tertiary/aromatic N) is 1. The molecule has 0 bridgehead atoms. The number of piperidine rings is 1. The van der Waals surface area contributed by atoms with Gasteiger partial charge in [-0.15, -0.1) is 0 Å². The van der Waals surface area contributed by atoms with E-state index in [2.05, 4.69) is 5.32 Å². The van der Waals surface area contributed by atoms with Gasteiger partial charge in [0.25, 0.3) is 0 Å². The van der Waals surface area contributed by atoms with Gasteiger partial charge < -0.3 is 20.4 Å². The number of likely N-dealkylation sites (tertiary alicyclic amines) is 1. The van der Waals surface area contributed by atoms with Crippen LogP contribution < -0.4 is 5.32 Å². The average molecular weight is 251 g/mol. The number of amides is 1. The average Bonchev–Trinajstić information content (AvgIpc) is 2.25. The van der Waals surface area contributed by atoms with Crippen molar-refractivity contribution in [2.45, 2.75) is 38.8 Å². The van der Waals surface area contributed by atoms with Crippen molar-refractivity contribution in [3.8, 4) is 0 Å². The van der Waals surface area contributed by atoms with Crippen molar-refractivity contribution in [3.63, 3.8) is 0 Å². The van der Waals surface area contributed by atoms with Crippen LogP contribution >= 0.6 is 0 Å². The lowest BCUT2D eigenvalue weighted by atomic mass is 9.94. The Labute approximate surface area is 108 Å². The Morgan fingerprint density at radius 2 is 2.28 bits per heavy atom. The minimum Gasteiger partial charge on any atom is -0.444 e. The first kappa shape index (κ1) is 13.1. The van der Waals surface area contributed by atoms with Gasteiger partial charge >= 0.3 is 6.09 Å². The molecule has 2 heterocycles. The van der Waals surface area contributed by atoms with Crippen LogP contribution in [-0.2, 0) is 4.74 Å². The predicted octanol–water partition coefficient (Wildman–Crippen LogP) is 1.55. The lowest BCUT2D eigenvalue weighted by Crippen LogP contribution is -2.50. The van der Waals surface area contributed by atoms with E-state index in [1.165, 1.54) is 0 Å². The van der Waals surface area contributed by atoms with Crippen molar-refractivity contribution < 1.29 is 9.53 Å². The normalized spacial score (nSPS) is 24.4. The molecule has 2 aliphatic heterocycles. The van der Waals surface area contributed by atoms with Crippen molar-refractivity contribution in [3.05, 3.63) is 11.6 Å². The third-order valence-corrected chi connectivity index (χ3v) is 3.06. The highest BCUT2D eigenvalue weighted by Gasteiger charge is 2.31. The second-order valence-corrected chi connectivity index (χ2v) is 5.87. The molecule has 5 heteroatoms. The van der Waals surface area contributed by atoms with Crippen LogP contribution in [0.1, 0.15) is 27.2 Å². The van der Waals surface area contributed by atoms with Crippen LogP contribution in [0.2, 0.25) is 0 Å². The van der Waals surface area contributed by atoms with Gasteiger partial charge in [-0.05, 0) is 38.8 Å². The number of carbonyl (C=O) groups excluding carboxylic acids is 1. The fraction of sp³-hybridized carbons (Fsp3) is 0.692. The molecule has 2 N–H and O–H groups in total. The molecule has 2 aliphatic rings. The van der Waals surface area contributed by atoms with Gasteiger partial charge in [0.15, 0.2) is 0 Å². The number of ether oxygens (including phenoxy) is 1. The lowest BCUT2D eigenvalue weighted by Gasteiger charge is -2.37. The van der Waals surface area contributed by atoms with Crippen molar-refractivity contribution >= 4 is 11.8 Å². The fourth-order valence-corrected chi connectivity index (χ4v) is 2.25. The third-order valence-electron chi connectivity index (χ3n) is 3.06. The summed E-state index contributed by atoms with van der Waals surface area (Å²) in [5, 5.41) is 11.0. The number of carbonyl (C=O) groups is 1. The summed E-state index contributed by atoms with van der Waals surface area (Å²) in [5.41, 5.74) is 1.23. The second-order valence-electron chi connectivity index (χ2n) is 5.87. The van der Waals surface area contributed by atoms with E-state index in [4.69, 9.17) is 10.1 Å². The van der Waals surface area contributed by atoms with E-state index in [9.17, 15) is 4.79 Å². The molecule has 1 saturated heterocycles. The summed E-state index contributed by atoms with van der Waals surface area (Å²) < 4.78 is 5.37. The summed E-state index contributed by atoms with van der Waals surface area (Å²) in [7, 11) is 0. The standard InChI is InChI=1S/C13H21N3O2/c1-13(2,3)18-12(17)16-5-4-11-9(8-16)6-10(14)7-15-11/h6,11,14-15H,4-5,7-8H2,1-3H3/t11-/m1/s1. The van der Waals surface area contributed by atoms with Gasteiger partial charge in [0.1, 0.15) is 5.60 Å². The summed E-state index contributed by atoms with van der Waals surface area (Å²) in [6.07, 6.45) is 2.51. The molecule has 0 aromatic rings. The highest BCUT2D eigenvalue weighted by Crippen LogP contribution is 2.21. The molecule has 0 radical (unpaired) electrons. The Kier molecular flexibility index (Phi) is 3.43. The van der Waals surface area contributed by atoms with Gasteiger partial charge in [0.05, 0.1) is 0 Å². The van der Waals surface area contributed by atoms with Gasteiger partial charge in [-0.3, -0.25) is 0 Å². The number of hydrogen-bond donors (Lipinski definition) is 2. The fourth-order valence-electron chi connectivity index (χ4n) is 2.25. The quantitative estimate of drug-likeness (QED) is 0.686. The van der Waals surface area contributed by atoms with Gasteiger partial charge in [0.2, 0.25) is 0 Å². The second kappa shape index (κ2) is 4.72. The van der Waals surface area contributed by atoms with Crippen molar-refractivity contribution in [1.82, 2.24) is 10.2 Å². The SMILES string of the molecule is CC(C)(C)OC(=O)N1CC[C@H]2NCC(=N)C=C2C1. The van der Waals surface area contributed by atoms with E-state index in [0.717, 1.165) is 12.0 Å². The van der Waals surface area contributed by atoms with Crippen LogP contribution in [0, 0.1) is 5.41 Å². The summed E-state index contributed by atoms with van der Waals surface area (Å²) in [6, 6.07) is 0.317. The van der Waals surface area contributed by atoms with E-state index in [-0.39, 0.29) is 6.09 Å². The summed E-state index contributed by atoms with van der Waals surface area (Å²) in [6.45, 7) is 7.51. The zero-order valence-corrected chi connectivity index (χ0v) is 11.2. The number of nitrogens with one attached hydrogen (secondary N) is 2. The summed E-state index contributed by atoms with van der Waals surface area (Å²) in [4.78, 5) is 13.7. The maximum absolute atomic E-state index is 12.0. The van der Waals surface area contributed by atoms with Crippen molar-refractivity contribution in [2.24, 2.45) is 0 Å². The van der Waals surface area contributed by atoms with Crippen LogP contribution in [0.25, 0.3) is 0 Å². The molecular weight excluding hydrogens is 230 g/mol. The monoisotopic (exact) mass is 251 g/mol. The molecule has 0 unspecified atom stereocenters. The van der Waals surface area contributed by atoms with E-state index in [1.807, 2.05) is 26.8 Å². The highest BCUT2D eigenvalue weighted by molar-refractivity contribution is 5.95. The van der Waals surface area contributed by atoms with Gasteiger partial charge in [-0.1, -0.05) is 0 Å². The van der Waals surface area contributed by atoms with Gasteiger partial charge in [-0.2, -0.15) is 0 Å². The van der Waals surface area contributed by atoms with Crippen LogP contribution in [0.5, 0.6) is 0 Å². The summed E-state index contributed by atoms with van der Waals surface area (Å²) >= 11 is 0. The van der Waals surface area contributed by atoms with E-state index in [0.29, 0.717) is 31.4 Å². The Bertz CT molecular complexity index is 396. The van der Waals surface area contributed by atoms with Crippen LogP contribution in [0.15, 0.2) is 11.6 Å². The van der Waals surface area contributed by atoms with Gasteiger partial charge in [0, 0.05) is 31.4 Å². The zero-order valence-electron chi connectivity index (χ0n) is 11.2. The minimum atomic E-state index is -0.458. The van der Waals surface area contributed by atoms with E-state index in [1.54, 1.807) is 4.90 Å². The largest absolute Gasteiger partial charge is 0.444 e. The van der Waals surface area contributed by atoms with Crippen molar-refractivity contribution in [2.75, 3.05) is 19.6 Å². The number of rotatable bonds is 0. The first-order chi connectivity index (χ1) is 8.35. The molecule has 1 atom stereocenters. The molecule has 1 amide bonds. The Balaban J connectivity index is 2.01. The van der Waals surface area contributed by atoms with Crippen molar-refractivity contribution in [1.29, 1.82) is 5.41 Å². The smallest absolute Gasteiger partial charge is 0.410 e. The minimum absolute atomic E-state index is 0.265. The van der Waals surface area contributed by atoms with Gasteiger partial charge in [-0.25, -0.2) is 4.79 Å². The molecule has 0 saturated carbocycles. The molecule has 18 heavy (non-hydrogen) atoms. The first-order valence-electron chi connectivity index (χ1n) is 6.34. The highest BCUT2D eigenvalue weighted by atomic mass is 16.6. The molecule has 2 rings (SSSR count). The predicted molar refractivity (Wildman–Crippen MR) is 70.0 cm³/mol. The third kappa shape index (κ3) is 3.10. The Morgan fingerprint density at radius 1 is 1.56 bits per heavy atom. The number of fused-ring (bicyclic) bond motifs is 1. The molecule has 100 valence electrons. The molecular formula is C13H21N3O2. The molecule has 0 aromatic carbocycles. The van der Waals surface area contributed by atoms with Crippen LogP contribution in [0.4, 0.5) is 4.79 Å². The zero-order chi connectivity index (χ0) is 13.3. The summed E-state index contributed by atoms with van der Waals surface area (Å²) in [5.74, 6) is 0. The maximum atomic E-state index is 12.0. The van der Waals surface area contributed by atoms with Crippen LogP contribution in [0.3, 0.4) is 0 Å². The Morgan fingerprint density at radius 3 is 2.94 bits per heavy atom. The Hall–Kier alpha value is -1.36. The lowest BCUT2D eigenvalue weighted by molar-refractivity contribution is 0.0237. The van der Waals surface area contributed by atoms with Crippen LogP contribution in [-0.4, -0.2) is 48.0 Å². The van der Waals surface area contributed by atoms with E-state index >= 15 is 0 Å². The molecule has 5 nitrogen and oxygen atoms in total. The molecule has 1 fully saturated rings. The first-order valence-corrected chi connectivity index (χ1v) is 6.34.